The van der Waals surface area contributed by atoms with Gasteiger partial charge in [0.2, 0.25) is 0 Å². The molecule has 1 fully saturated rings. The Morgan fingerprint density at radius 1 is 1.53 bits per heavy atom. The fourth-order valence-electron chi connectivity index (χ4n) is 1.82. The lowest BCUT2D eigenvalue weighted by atomic mass is 10.1. The molecule has 0 radical (unpaired) electrons. The highest BCUT2D eigenvalue weighted by Gasteiger charge is 2.23. The summed E-state index contributed by atoms with van der Waals surface area (Å²) >= 11 is 4.26. The lowest BCUT2D eigenvalue weighted by Crippen LogP contribution is -2.40. The molecule has 1 rings (SSSR count). The third-order valence-electron chi connectivity index (χ3n) is 2.64. The fraction of sp³-hybridized carbons (Fsp3) is 0.833. The van der Waals surface area contributed by atoms with Gasteiger partial charge in [-0.3, -0.25) is 0 Å². The number of nitrogens with one attached hydrogen (secondary N) is 1. The summed E-state index contributed by atoms with van der Waals surface area (Å²) in [6.45, 7) is 9.41. The van der Waals surface area contributed by atoms with Crippen LogP contribution in [-0.4, -0.2) is 35.1 Å². The highest BCUT2D eigenvalue weighted by molar-refractivity contribution is 8.06. The van der Waals surface area contributed by atoms with E-state index in [1.807, 2.05) is 0 Å². The summed E-state index contributed by atoms with van der Waals surface area (Å²) in [6, 6.07) is 0.685. The first-order chi connectivity index (χ1) is 7.24. The SMILES string of the molecule is C=C(C)CCC(NCC)C1CSCCS1. The van der Waals surface area contributed by atoms with Crippen LogP contribution >= 0.6 is 23.5 Å². The van der Waals surface area contributed by atoms with E-state index in [9.17, 15) is 0 Å². The summed E-state index contributed by atoms with van der Waals surface area (Å²) in [5.74, 6) is 3.98. The van der Waals surface area contributed by atoms with Crippen molar-refractivity contribution in [2.24, 2.45) is 0 Å². The molecule has 0 bridgehead atoms. The van der Waals surface area contributed by atoms with E-state index in [-0.39, 0.29) is 0 Å². The fourth-order valence-corrected chi connectivity index (χ4v) is 4.75. The van der Waals surface area contributed by atoms with Gasteiger partial charge in [-0.2, -0.15) is 23.5 Å². The van der Waals surface area contributed by atoms with E-state index in [0.717, 1.165) is 11.8 Å². The molecule has 0 aliphatic carbocycles. The molecule has 1 saturated heterocycles. The van der Waals surface area contributed by atoms with Crippen LogP contribution in [-0.2, 0) is 0 Å². The van der Waals surface area contributed by atoms with Gasteiger partial charge in [0.15, 0.2) is 0 Å². The number of allylic oxidation sites excluding steroid dienone is 1. The normalized spacial score (nSPS) is 23.7. The van der Waals surface area contributed by atoms with Gasteiger partial charge in [0.25, 0.3) is 0 Å². The van der Waals surface area contributed by atoms with Crippen molar-refractivity contribution in [3.63, 3.8) is 0 Å². The van der Waals surface area contributed by atoms with Crippen LogP contribution in [0.15, 0.2) is 12.2 Å². The Kier molecular flexibility index (Phi) is 6.86. The second-order valence-electron chi connectivity index (χ2n) is 4.14. The van der Waals surface area contributed by atoms with E-state index < -0.39 is 0 Å². The molecule has 0 saturated carbocycles. The maximum absolute atomic E-state index is 3.99. The van der Waals surface area contributed by atoms with Crippen LogP contribution in [0.2, 0.25) is 0 Å². The van der Waals surface area contributed by atoms with E-state index in [4.69, 9.17) is 0 Å². The van der Waals surface area contributed by atoms with Crippen molar-refractivity contribution >= 4 is 23.5 Å². The average molecular weight is 245 g/mol. The molecule has 1 nitrogen and oxygen atoms in total. The number of hydrogen-bond donors (Lipinski definition) is 1. The van der Waals surface area contributed by atoms with Crippen molar-refractivity contribution < 1.29 is 0 Å². The minimum atomic E-state index is 0.685. The lowest BCUT2D eigenvalue weighted by molar-refractivity contribution is 0.492. The van der Waals surface area contributed by atoms with Crippen LogP contribution in [0.1, 0.15) is 26.7 Å². The molecule has 1 aliphatic heterocycles. The average Bonchev–Trinajstić information content (AvgIpc) is 2.25. The molecule has 0 aromatic carbocycles. The molecule has 15 heavy (non-hydrogen) atoms. The van der Waals surface area contributed by atoms with Crippen molar-refractivity contribution in [1.82, 2.24) is 5.32 Å². The van der Waals surface area contributed by atoms with Crippen molar-refractivity contribution in [1.29, 1.82) is 0 Å². The topological polar surface area (TPSA) is 12.0 Å². The van der Waals surface area contributed by atoms with Crippen LogP contribution in [0, 0.1) is 0 Å². The van der Waals surface area contributed by atoms with Gasteiger partial charge in [0, 0.05) is 28.6 Å². The quantitative estimate of drug-likeness (QED) is 0.722. The van der Waals surface area contributed by atoms with Crippen LogP contribution in [0.25, 0.3) is 0 Å². The Labute approximate surface area is 103 Å². The molecule has 1 aliphatic rings. The first-order valence-electron chi connectivity index (χ1n) is 5.81. The zero-order valence-corrected chi connectivity index (χ0v) is 11.6. The van der Waals surface area contributed by atoms with Crippen LogP contribution in [0.4, 0.5) is 0 Å². The van der Waals surface area contributed by atoms with Crippen molar-refractivity contribution in [3.05, 3.63) is 12.2 Å². The molecule has 3 heteroatoms. The molecule has 0 spiro atoms. The van der Waals surface area contributed by atoms with Crippen molar-refractivity contribution in [2.75, 3.05) is 23.8 Å². The van der Waals surface area contributed by atoms with E-state index in [1.165, 1.54) is 35.7 Å². The third kappa shape index (κ3) is 5.32. The second kappa shape index (κ2) is 7.64. The van der Waals surface area contributed by atoms with Gasteiger partial charge in [-0.1, -0.05) is 12.5 Å². The Hall–Kier alpha value is 0.400. The molecular formula is C12H23NS2. The zero-order chi connectivity index (χ0) is 11.1. The maximum Gasteiger partial charge on any atom is 0.0292 e. The largest absolute Gasteiger partial charge is 0.313 e. The summed E-state index contributed by atoms with van der Waals surface area (Å²) in [6.07, 6.45) is 2.42. The Balaban J connectivity index is 2.36. The molecule has 88 valence electrons. The van der Waals surface area contributed by atoms with E-state index >= 15 is 0 Å². The van der Waals surface area contributed by atoms with Crippen LogP contribution in [0.3, 0.4) is 0 Å². The lowest BCUT2D eigenvalue weighted by Gasteiger charge is -2.30. The smallest absolute Gasteiger partial charge is 0.0292 e. The minimum absolute atomic E-state index is 0.685. The first-order valence-corrected chi connectivity index (χ1v) is 8.01. The Morgan fingerprint density at radius 3 is 2.87 bits per heavy atom. The molecule has 0 amide bonds. The highest BCUT2D eigenvalue weighted by atomic mass is 32.2. The standard InChI is InChI=1S/C12H23NS2/c1-4-13-11(6-5-10(2)3)12-9-14-7-8-15-12/h11-13H,2,4-9H2,1,3H3. The number of rotatable bonds is 6. The van der Waals surface area contributed by atoms with E-state index in [0.29, 0.717) is 6.04 Å². The summed E-state index contributed by atoms with van der Waals surface area (Å²) in [5.41, 5.74) is 1.31. The maximum atomic E-state index is 3.99. The van der Waals surface area contributed by atoms with Gasteiger partial charge in [-0.15, -0.1) is 6.58 Å². The molecule has 0 aromatic rings. The predicted octanol–water partition coefficient (Wildman–Crippen LogP) is 3.17. The molecular weight excluding hydrogens is 222 g/mol. The predicted molar refractivity (Wildman–Crippen MR) is 75.1 cm³/mol. The van der Waals surface area contributed by atoms with Gasteiger partial charge in [-0.25, -0.2) is 0 Å². The molecule has 2 atom stereocenters. The summed E-state index contributed by atoms with van der Waals surface area (Å²) in [5, 5.41) is 4.44. The number of hydrogen-bond acceptors (Lipinski definition) is 3. The summed E-state index contributed by atoms with van der Waals surface area (Å²) in [7, 11) is 0. The zero-order valence-electron chi connectivity index (χ0n) is 9.92. The van der Waals surface area contributed by atoms with Gasteiger partial charge >= 0.3 is 0 Å². The first kappa shape index (κ1) is 13.5. The summed E-state index contributed by atoms with van der Waals surface area (Å²) < 4.78 is 0. The monoisotopic (exact) mass is 245 g/mol. The summed E-state index contributed by atoms with van der Waals surface area (Å²) in [4.78, 5) is 0. The van der Waals surface area contributed by atoms with E-state index in [1.54, 1.807) is 0 Å². The molecule has 1 N–H and O–H groups in total. The van der Waals surface area contributed by atoms with Crippen LogP contribution < -0.4 is 5.32 Å². The van der Waals surface area contributed by atoms with Gasteiger partial charge in [0.05, 0.1) is 0 Å². The van der Waals surface area contributed by atoms with Crippen molar-refractivity contribution in [2.45, 2.75) is 38.0 Å². The molecule has 0 aromatic heterocycles. The van der Waals surface area contributed by atoms with Gasteiger partial charge < -0.3 is 5.32 Å². The minimum Gasteiger partial charge on any atom is -0.313 e. The van der Waals surface area contributed by atoms with E-state index in [2.05, 4.69) is 49.3 Å². The third-order valence-corrected chi connectivity index (χ3v) is 5.56. The second-order valence-corrected chi connectivity index (χ2v) is 6.64. The highest BCUT2D eigenvalue weighted by Crippen LogP contribution is 2.28. The van der Waals surface area contributed by atoms with Crippen LogP contribution in [0.5, 0.6) is 0 Å². The van der Waals surface area contributed by atoms with Crippen molar-refractivity contribution in [3.8, 4) is 0 Å². The Morgan fingerprint density at radius 2 is 2.33 bits per heavy atom. The van der Waals surface area contributed by atoms with Gasteiger partial charge in [0.1, 0.15) is 0 Å². The molecule has 2 unspecified atom stereocenters. The molecule has 1 heterocycles. The number of thioether (sulfide) groups is 2. The van der Waals surface area contributed by atoms with Gasteiger partial charge in [-0.05, 0) is 26.3 Å². The Bertz CT molecular complexity index is 188.